The van der Waals surface area contributed by atoms with E-state index in [1.807, 2.05) is 6.08 Å². The fraction of sp³-hybridized carbons (Fsp3) is 0.729. The van der Waals surface area contributed by atoms with Crippen LogP contribution in [0.1, 0.15) is 206 Å². The fourth-order valence-corrected chi connectivity index (χ4v) is 7.25. The minimum absolute atomic E-state index is 0.275. The molecular formula is C48H85NO5S. The van der Waals surface area contributed by atoms with Crippen LogP contribution in [0.3, 0.4) is 0 Å². The van der Waals surface area contributed by atoms with Gasteiger partial charge < -0.3 is 10.4 Å². The molecule has 0 heterocycles. The van der Waals surface area contributed by atoms with E-state index in [1.165, 1.54) is 115 Å². The standard InChI is InChI=1S/C48H85NO5S/c1-3-5-7-9-11-13-15-17-19-21-23-24-26-28-30-32-34-36-38-40-42-44-48(51)49-46(45-55(52,53)54)47(50)43-41-39-37-35-33-31-29-27-25-22-20-18-16-14-12-10-8-6-4-2/h5,7,11,13,17,19,23-24,33,35,41,43,46-47,50H,3-4,6,8-10,12,14-16,18,20-22,25-32,34,36-40,42,44-45H2,1-2H3,(H,49,51)(H,52,53,54)/b7-5-,13-11-,19-17-,24-23-,35-33+,43-41+. The molecule has 0 rings (SSSR count). The second kappa shape index (κ2) is 41.4. The molecule has 0 bridgehead atoms. The zero-order chi connectivity index (χ0) is 40.3. The Morgan fingerprint density at radius 2 is 0.891 bits per heavy atom. The van der Waals surface area contributed by atoms with Gasteiger partial charge in [0.15, 0.2) is 0 Å². The van der Waals surface area contributed by atoms with Crippen LogP contribution in [0, 0.1) is 0 Å². The summed E-state index contributed by atoms with van der Waals surface area (Å²) in [5.74, 6) is -1.01. The molecule has 0 aromatic heterocycles. The Bertz CT molecular complexity index is 1140. The zero-order valence-electron chi connectivity index (χ0n) is 35.5. The average Bonchev–Trinajstić information content (AvgIpc) is 3.15. The van der Waals surface area contributed by atoms with Gasteiger partial charge >= 0.3 is 0 Å². The van der Waals surface area contributed by atoms with Gasteiger partial charge in [-0.1, -0.05) is 202 Å². The van der Waals surface area contributed by atoms with Crippen molar-refractivity contribution in [2.45, 2.75) is 219 Å². The first-order chi connectivity index (χ1) is 26.8. The molecule has 55 heavy (non-hydrogen) atoms. The van der Waals surface area contributed by atoms with Crippen LogP contribution < -0.4 is 5.32 Å². The molecule has 0 aliphatic rings. The number of hydrogen-bond acceptors (Lipinski definition) is 4. The smallest absolute Gasteiger partial charge is 0.267 e. The molecule has 0 aliphatic heterocycles. The maximum atomic E-state index is 12.5. The van der Waals surface area contributed by atoms with Crippen molar-refractivity contribution in [1.82, 2.24) is 5.32 Å². The van der Waals surface area contributed by atoms with Gasteiger partial charge in [-0.3, -0.25) is 9.35 Å². The Morgan fingerprint density at radius 3 is 1.36 bits per heavy atom. The Kier molecular flexibility index (Phi) is 39.7. The second-order valence-corrected chi connectivity index (χ2v) is 16.8. The number of nitrogens with one attached hydrogen (secondary N) is 1. The number of amides is 1. The molecule has 318 valence electrons. The number of carbonyl (C=O) groups is 1. The lowest BCUT2D eigenvalue weighted by Crippen LogP contribution is -2.46. The highest BCUT2D eigenvalue weighted by Crippen LogP contribution is 2.14. The monoisotopic (exact) mass is 788 g/mol. The average molecular weight is 788 g/mol. The molecule has 0 fully saturated rings. The van der Waals surface area contributed by atoms with Gasteiger partial charge in [0.1, 0.15) is 0 Å². The summed E-state index contributed by atoms with van der Waals surface area (Å²) in [6, 6.07) is -1.08. The summed E-state index contributed by atoms with van der Waals surface area (Å²) in [6.45, 7) is 4.42. The predicted octanol–water partition coefficient (Wildman–Crippen LogP) is 13.8. The van der Waals surface area contributed by atoms with Gasteiger partial charge in [0.05, 0.1) is 17.9 Å². The highest BCUT2D eigenvalue weighted by molar-refractivity contribution is 7.85. The molecule has 0 aromatic rings. The molecule has 2 atom stereocenters. The lowest BCUT2D eigenvalue weighted by molar-refractivity contribution is -0.122. The van der Waals surface area contributed by atoms with Crippen LogP contribution in [-0.4, -0.2) is 41.9 Å². The number of rotatable bonds is 40. The topological polar surface area (TPSA) is 104 Å². The number of allylic oxidation sites excluding steroid dienone is 11. The Labute approximate surface area is 340 Å². The second-order valence-electron chi connectivity index (χ2n) is 15.3. The first-order valence-corrected chi connectivity index (χ1v) is 24.2. The van der Waals surface area contributed by atoms with Gasteiger partial charge in [0.2, 0.25) is 5.91 Å². The minimum Gasteiger partial charge on any atom is -0.387 e. The first kappa shape index (κ1) is 52.8. The molecule has 0 radical (unpaired) electrons. The number of unbranched alkanes of at least 4 members (excludes halogenated alkanes) is 22. The number of carbonyl (C=O) groups excluding carboxylic acids is 1. The molecule has 3 N–H and O–H groups in total. The molecule has 6 nitrogen and oxygen atoms in total. The molecule has 0 spiro atoms. The van der Waals surface area contributed by atoms with Gasteiger partial charge in [-0.25, -0.2) is 0 Å². The molecule has 1 amide bonds. The lowest BCUT2D eigenvalue weighted by Gasteiger charge is -2.21. The third-order valence-corrected chi connectivity index (χ3v) is 10.6. The van der Waals surface area contributed by atoms with Crippen LogP contribution >= 0.6 is 0 Å². The van der Waals surface area contributed by atoms with Crippen LogP contribution in [-0.2, 0) is 14.9 Å². The van der Waals surface area contributed by atoms with Gasteiger partial charge in [-0.2, -0.15) is 8.42 Å². The van der Waals surface area contributed by atoms with E-state index in [2.05, 4.69) is 79.9 Å². The van der Waals surface area contributed by atoms with Gasteiger partial charge in [0.25, 0.3) is 10.1 Å². The molecule has 7 heteroatoms. The van der Waals surface area contributed by atoms with Crippen molar-refractivity contribution in [3.8, 4) is 0 Å². The van der Waals surface area contributed by atoms with Crippen LogP contribution in [0.4, 0.5) is 0 Å². The number of hydrogen-bond donors (Lipinski definition) is 3. The van der Waals surface area contributed by atoms with Crippen LogP contribution in [0.2, 0.25) is 0 Å². The minimum atomic E-state index is -4.36. The Balaban J connectivity index is 3.94. The van der Waals surface area contributed by atoms with Crippen molar-refractivity contribution in [1.29, 1.82) is 0 Å². The summed E-state index contributed by atoms with van der Waals surface area (Å²) in [5.41, 5.74) is 0. The summed E-state index contributed by atoms with van der Waals surface area (Å²) < 4.78 is 32.6. The van der Waals surface area contributed by atoms with E-state index in [0.29, 0.717) is 12.8 Å². The van der Waals surface area contributed by atoms with E-state index in [4.69, 9.17) is 0 Å². The summed E-state index contributed by atoms with van der Waals surface area (Å²) in [7, 11) is -4.36. The van der Waals surface area contributed by atoms with Crippen LogP contribution in [0.15, 0.2) is 72.9 Å². The fourth-order valence-electron chi connectivity index (χ4n) is 6.52. The molecule has 2 unspecified atom stereocenters. The van der Waals surface area contributed by atoms with Crippen molar-refractivity contribution >= 4 is 16.0 Å². The van der Waals surface area contributed by atoms with E-state index in [9.17, 15) is 22.9 Å². The van der Waals surface area contributed by atoms with E-state index in [-0.39, 0.29) is 12.3 Å². The van der Waals surface area contributed by atoms with Gasteiger partial charge in [-0.15, -0.1) is 0 Å². The number of aliphatic hydroxyl groups excluding tert-OH is 1. The van der Waals surface area contributed by atoms with E-state index >= 15 is 0 Å². The summed E-state index contributed by atoms with van der Waals surface area (Å²) in [4.78, 5) is 12.5. The number of aliphatic hydroxyl groups is 1. The van der Waals surface area contributed by atoms with Crippen molar-refractivity contribution in [3.05, 3.63) is 72.9 Å². The van der Waals surface area contributed by atoms with Crippen LogP contribution in [0.5, 0.6) is 0 Å². The molecule has 0 aliphatic carbocycles. The van der Waals surface area contributed by atoms with E-state index < -0.39 is 28.0 Å². The Hall–Kier alpha value is -2.22. The van der Waals surface area contributed by atoms with Crippen LogP contribution in [0.25, 0.3) is 0 Å². The van der Waals surface area contributed by atoms with Crippen molar-refractivity contribution < 1.29 is 22.9 Å². The normalized spacial score (nSPS) is 13.9. The highest BCUT2D eigenvalue weighted by atomic mass is 32.2. The van der Waals surface area contributed by atoms with Gasteiger partial charge in [0, 0.05) is 6.42 Å². The molecule has 0 saturated heterocycles. The quantitative estimate of drug-likeness (QED) is 0.0326. The third kappa shape index (κ3) is 42.8. The van der Waals surface area contributed by atoms with E-state index in [0.717, 1.165) is 64.2 Å². The first-order valence-electron chi connectivity index (χ1n) is 22.6. The molecule has 0 aromatic carbocycles. The van der Waals surface area contributed by atoms with Crippen molar-refractivity contribution in [2.24, 2.45) is 0 Å². The summed E-state index contributed by atoms with van der Waals surface area (Å²) >= 11 is 0. The zero-order valence-corrected chi connectivity index (χ0v) is 36.3. The van der Waals surface area contributed by atoms with E-state index in [1.54, 1.807) is 0 Å². The lowest BCUT2D eigenvalue weighted by atomic mass is 10.0. The molecular weight excluding hydrogens is 703 g/mol. The summed E-state index contributed by atoms with van der Waals surface area (Å²) in [5, 5.41) is 13.2. The highest BCUT2D eigenvalue weighted by Gasteiger charge is 2.24. The Morgan fingerprint density at radius 1 is 0.509 bits per heavy atom. The predicted molar refractivity (Wildman–Crippen MR) is 239 cm³/mol. The third-order valence-electron chi connectivity index (χ3n) is 9.87. The summed E-state index contributed by atoms with van der Waals surface area (Å²) in [6.07, 6.45) is 58.9. The van der Waals surface area contributed by atoms with Crippen molar-refractivity contribution in [3.63, 3.8) is 0 Å². The SMILES string of the molecule is CC/C=C\C/C=C\C/C=C\C/C=C\CCCCCCCCCCC(=O)NC(CS(=O)(=O)O)C(O)/C=C/CC/C=C/CCCCCCCCCCCCCCC. The maximum Gasteiger partial charge on any atom is 0.267 e. The van der Waals surface area contributed by atoms with Crippen molar-refractivity contribution in [2.75, 3.05) is 5.75 Å². The molecule has 0 saturated carbocycles. The maximum absolute atomic E-state index is 12.5. The largest absolute Gasteiger partial charge is 0.387 e. The van der Waals surface area contributed by atoms with Gasteiger partial charge in [-0.05, 0) is 70.6 Å².